The molecule has 3 aromatic carbocycles. The Morgan fingerprint density at radius 2 is 1.72 bits per heavy atom. The van der Waals surface area contributed by atoms with E-state index in [1.165, 1.54) is 12.1 Å². The van der Waals surface area contributed by atoms with Crippen LogP contribution in [0.25, 0.3) is 11.0 Å². The average molecular weight is 486 g/mol. The summed E-state index contributed by atoms with van der Waals surface area (Å²) >= 11 is 0. The minimum absolute atomic E-state index is 0.122. The Kier molecular flexibility index (Phi) is 7.28. The number of rotatable bonds is 8. The molecule has 0 aliphatic carbocycles. The SMILES string of the molecule is Nc1ccccc1C(=O)NCCN1CCC(Cc2nc3ccccc3n2Cc2ccc(F)cc2)CC1. The van der Waals surface area contributed by atoms with Crippen molar-refractivity contribution in [2.45, 2.75) is 25.8 Å². The summed E-state index contributed by atoms with van der Waals surface area (Å²) in [6.07, 6.45) is 3.12. The zero-order valence-electron chi connectivity index (χ0n) is 20.4. The summed E-state index contributed by atoms with van der Waals surface area (Å²) in [6.45, 7) is 4.12. The lowest BCUT2D eigenvalue weighted by atomic mass is 9.93. The lowest BCUT2D eigenvalue weighted by Gasteiger charge is -2.32. The maximum atomic E-state index is 13.4. The average Bonchev–Trinajstić information content (AvgIpc) is 3.23. The summed E-state index contributed by atoms with van der Waals surface area (Å²) in [4.78, 5) is 19.7. The topological polar surface area (TPSA) is 76.2 Å². The Hall–Kier alpha value is -3.71. The third kappa shape index (κ3) is 5.57. The standard InChI is InChI=1S/C29H32FN5O/c30-23-11-9-22(10-12-23)20-35-27-8-4-3-7-26(27)33-28(35)19-21-13-16-34(17-14-21)18-15-32-29(36)24-5-1-2-6-25(24)31/h1-12,21H,13-20,31H2,(H,32,36). The van der Waals surface area contributed by atoms with Crippen molar-refractivity contribution in [2.75, 3.05) is 31.9 Å². The van der Waals surface area contributed by atoms with Gasteiger partial charge in [0, 0.05) is 31.7 Å². The molecule has 0 spiro atoms. The van der Waals surface area contributed by atoms with Gasteiger partial charge in [0.1, 0.15) is 11.6 Å². The number of amides is 1. The first kappa shape index (κ1) is 24.0. The van der Waals surface area contributed by atoms with Gasteiger partial charge in [-0.25, -0.2) is 9.37 Å². The minimum Gasteiger partial charge on any atom is -0.398 e. The number of aromatic nitrogens is 2. The molecule has 36 heavy (non-hydrogen) atoms. The Morgan fingerprint density at radius 1 is 1.00 bits per heavy atom. The zero-order valence-corrected chi connectivity index (χ0v) is 20.4. The van der Waals surface area contributed by atoms with Gasteiger partial charge in [-0.1, -0.05) is 36.4 Å². The lowest BCUT2D eigenvalue weighted by Crippen LogP contribution is -2.40. The van der Waals surface area contributed by atoms with Crippen molar-refractivity contribution < 1.29 is 9.18 Å². The zero-order chi connectivity index (χ0) is 24.9. The van der Waals surface area contributed by atoms with Crippen LogP contribution in [0.4, 0.5) is 10.1 Å². The van der Waals surface area contributed by atoms with Gasteiger partial charge in [0.15, 0.2) is 0 Å². The van der Waals surface area contributed by atoms with Crippen LogP contribution in [0.5, 0.6) is 0 Å². The number of carbonyl (C=O) groups excluding carboxylic acids is 1. The number of anilines is 1. The summed E-state index contributed by atoms with van der Waals surface area (Å²) in [7, 11) is 0. The number of nitrogens with two attached hydrogens (primary N) is 1. The highest BCUT2D eigenvalue weighted by atomic mass is 19.1. The van der Waals surface area contributed by atoms with E-state index in [0.717, 1.165) is 61.3 Å². The molecule has 0 saturated carbocycles. The number of nitrogens with one attached hydrogen (secondary N) is 1. The molecular formula is C29H32FN5O. The van der Waals surface area contributed by atoms with Crippen molar-refractivity contribution in [3.63, 3.8) is 0 Å². The van der Waals surface area contributed by atoms with Crippen LogP contribution in [0.3, 0.4) is 0 Å². The number of nitrogen functional groups attached to an aromatic ring is 1. The second-order valence-electron chi connectivity index (χ2n) is 9.56. The van der Waals surface area contributed by atoms with Crippen LogP contribution in [0.1, 0.15) is 34.6 Å². The van der Waals surface area contributed by atoms with E-state index in [4.69, 9.17) is 10.7 Å². The highest BCUT2D eigenvalue weighted by Crippen LogP contribution is 2.25. The van der Waals surface area contributed by atoms with Gasteiger partial charge in [0.05, 0.1) is 16.6 Å². The second kappa shape index (κ2) is 10.9. The molecule has 1 aliphatic heterocycles. The molecule has 1 aliphatic rings. The lowest BCUT2D eigenvalue weighted by molar-refractivity contribution is 0.0944. The number of nitrogens with zero attached hydrogens (tertiary/aromatic N) is 3. The molecule has 0 bridgehead atoms. The Labute approximate surface area is 210 Å². The van der Waals surface area contributed by atoms with Gasteiger partial charge in [-0.3, -0.25) is 4.79 Å². The van der Waals surface area contributed by atoms with Crippen molar-refractivity contribution in [3.8, 4) is 0 Å². The summed E-state index contributed by atoms with van der Waals surface area (Å²) in [5.74, 6) is 1.31. The first-order valence-corrected chi connectivity index (χ1v) is 12.6. The van der Waals surface area contributed by atoms with E-state index in [1.54, 1.807) is 12.1 Å². The molecule has 1 aromatic heterocycles. The normalized spacial score (nSPS) is 14.8. The van der Waals surface area contributed by atoms with Gasteiger partial charge < -0.3 is 20.5 Å². The molecule has 186 valence electrons. The molecule has 6 nitrogen and oxygen atoms in total. The van der Waals surface area contributed by atoms with Crippen LogP contribution < -0.4 is 11.1 Å². The highest BCUT2D eigenvalue weighted by Gasteiger charge is 2.22. The molecule has 0 radical (unpaired) electrons. The van der Waals surface area contributed by atoms with Crippen LogP contribution in [-0.2, 0) is 13.0 Å². The molecule has 7 heteroatoms. The number of halogens is 1. The molecular weight excluding hydrogens is 453 g/mol. The second-order valence-corrected chi connectivity index (χ2v) is 9.56. The number of imidazole rings is 1. The predicted molar refractivity (Wildman–Crippen MR) is 141 cm³/mol. The van der Waals surface area contributed by atoms with E-state index >= 15 is 0 Å². The number of likely N-dealkylation sites (tertiary alicyclic amines) is 1. The van der Waals surface area contributed by atoms with Crippen LogP contribution in [0, 0.1) is 11.7 Å². The van der Waals surface area contributed by atoms with Gasteiger partial charge in [-0.05, 0) is 73.8 Å². The van der Waals surface area contributed by atoms with E-state index < -0.39 is 0 Å². The first-order valence-electron chi connectivity index (χ1n) is 12.6. The summed E-state index contributed by atoms with van der Waals surface area (Å²) < 4.78 is 15.7. The van der Waals surface area contributed by atoms with Crippen LogP contribution in [0.2, 0.25) is 0 Å². The molecule has 1 fully saturated rings. The van der Waals surface area contributed by atoms with Gasteiger partial charge >= 0.3 is 0 Å². The maximum Gasteiger partial charge on any atom is 0.253 e. The number of hydrogen-bond acceptors (Lipinski definition) is 4. The quantitative estimate of drug-likeness (QED) is 0.361. The van der Waals surface area contributed by atoms with E-state index in [1.807, 2.05) is 36.4 Å². The van der Waals surface area contributed by atoms with E-state index in [0.29, 0.717) is 30.3 Å². The Bertz CT molecular complexity index is 1330. The Balaban J connectivity index is 1.16. The largest absolute Gasteiger partial charge is 0.398 e. The van der Waals surface area contributed by atoms with E-state index in [2.05, 4.69) is 26.9 Å². The number of hydrogen-bond donors (Lipinski definition) is 2. The molecule has 5 rings (SSSR count). The summed E-state index contributed by atoms with van der Waals surface area (Å²) in [5, 5.41) is 2.99. The van der Waals surface area contributed by atoms with Crippen LogP contribution >= 0.6 is 0 Å². The van der Waals surface area contributed by atoms with Gasteiger partial charge in [-0.2, -0.15) is 0 Å². The fourth-order valence-electron chi connectivity index (χ4n) is 5.03. The number of piperidine rings is 1. The summed E-state index contributed by atoms with van der Waals surface area (Å²) in [5.41, 5.74) is 10.1. The highest BCUT2D eigenvalue weighted by molar-refractivity contribution is 5.99. The van der Waals surface area contributed by atoms with Crippen molar-refractivity contribution in [1.82, 2.24) is 19.8 Å². The third-order valence-electron chi connectivity index (χ3n) is 7.08. The van der Waals surface area contributed by atoms with Gasteiger partial charge in [0.2, 0.25) is 0 Å². The number of carbonyl (C=O) groups is 1. The molecule has 3 N–H and O–H groups in total. The fourth-order valence-corrected chi connectivity index (χ4v) is 5.03. The van der Waals surface area contributed by atoms with Crippen molar-refractivity contribution >= 4 is 22.6 Å². The first-order chi connectivity index (χ1) is 17.6. The van der Waals surface area contributed by atoms with Crippen molar-refractivity contribution in [2.24, 2.45) is 5.92 Å². The smallest absolute Gasteiger partial charge is 0.253 e. The van der Waals surface area contributed by atoms with Crippen LogP contribution in [-0.4, -0.2) is 46.5 Å². The van der Waals surface area contributed by atoms with Gasteiger partial charge in [0.25, 0.3) is 5.91 Å². The maximum absolute atomic E-state index is 13.4. The fraction of sp³-hybridized carbons (Fsp3) is 0.310. The number of benzene rings is 3. The third-order valence-corrected chi connectivity index (χ3v) is 7.08. The number of fused-ring (bicyclic) bond motifs is 1. The summed E-state index contributed by atoms with van der Waals surface area (Å²) in [6, 6.07) is 22.1. The minimum atomic E-state index is -0.218. The molecule has 0 atom stereocenters. The molecule has 1 amide bonds. The molecule has 2 heterocycles. The van der Waals surface area contributed by atoms with Gasteiger partial charge in [-0.15, -0.1) is 0 Å². The van der Waals surface area contributed by atoms with E-state index in [9.17, 15) is 9.18 Å². The molecule has 1 saturated heterocycles. The molecule has 4 aromatic rings. The Morgan fingerprint density at radius 3 is 2.50 bits per heavy atom. The van der Waals surface area contributed by atoms with Crippen molar-refractivity contribution in [1.29, 1.82) is 0 Å². The van der Waals surface area contributed by atoms with Crippen molar-refractivity contribution in [3.05, 3.63) is 95.6 Å². The number of para-hydroxylation sites is 3. The molecule has 0 unspecified atom stereocenters. The van der Waals surface area contributed by atoms with Crippen LogP contribution in [0.15, 0.2) is 72.8 Å². The van der Waals surface area contributed by atoms with E-state index in [-0.39, 0.29) is 11.7 Å². The monoisotopic (exact) mass is 485 g/mol. The predicted octanol–water partition coefficient (Wildman–Crippen LogP) is 4.49.